The van der Waals surface area contributed by atoms with Crippen LogP contribution < -0.4 is 10.4 Å². The van der Waals surface area contributed by atoms with E-state index in [0.29, 0.717) is 10.4 Å². The Labute approximate surface area is 285 Å². The van der Waals surface area contributed by atoms with Gasteiger partial charge in [0, 0.05) is 65.4 Å². The molecule has 6 rings (SSSR count). The fourth-order valence-corrected chi connectivity index (χ4v) is 3.22. The second-order valence-electron chi connectivity index (χ2n) is 7.82. The maximum Gasteiger partial charge on any atom is 0 e. The maximum atomic E-state index is 5.39. The Morgan fingerprint density at radius 1 is 0.462 bits per heavy atom. The van der Waals surface area contributed by atoms with Crippen LogP contribution in [0.15, 0.2) is 152 Å². The van der Waals surface area contributed by atoms with Crippen molar-refractivity contribution in [1.29, 1.82) is 0 Å². The predicted molar refractivity (Wildman–Crippen MR) is 162 cm³/mol. The number of rotatable bonds is 1. The van der Waals surface area contributed by atoms with Crippen LogP contribution in [0.2, 0.25) is 0 Å². The smallest absolute Gasteiger partial charge is 0 e. The van der Waals surface area contributed by atoms with Crippen LogP contribution in [-0.4, -0.2) is 0 Å². The molecule has 0 aromatic heterocycles. The Morgan fingerprint density at radius 3 is 1.18 bits per heavy atom. The molecule has 190 valence electrons. The van der Waals surface area contributed by atoms with Crippen molar-refractivity contribution in [3.8, 4) is 0 Å². The van der Waals surface area contributed by atoms with Gasteiger partial charge in [0.1, 0.15) is 0 Å². The molecule has 5 aromatic rings. The van der Waals surface area contributed by atoms with E-state index >= 15 is 0 Å². The van der Waals surface area contributed by atoms with Gasteiger partial charge in [-0.2, -0.15) is 0 Å². The first kappa shape index (κ1) is 36.5. The van der Waals surface area contributed by atoms with Crippen LogP contribution >= 0.6 is 0 Å². The average molecular weight is 654 g/mol. The van der Waals surface area contributed by atoms with Crippen LogP contribution in [0.1, 0.15) is 11.1 Å². The van der Waals surface area contributed by atoms with Crippen molar-refractivity contribution < 1.29 is 65.4 Å². The van der Waals surface area contributed by atoms with Gasteiger partial charge in [-0.15, -0.1) is 12.1 Å². The largest absolute Gasteiger partial charge is 0.394 e. The first-order valence-corrected chi connectivity index (χ1v) is 12.0. The molecule has 0 heterocycles. The first-order chi connectivity index (χ1) is 18.2. The van der Waals surface area contributed by atoms with Crippen molar-refractivity contribution in [1.82, 2.24) is 0 Å². The number of benzene rings is 5. The second kappa shape index (κ2) is 23.4. The molecule has 0 nitrogen and oxygen atoms in total. The van der Waals surface area contributed by atoms with Crippen LogP contribution in [0.3, 0.4) is 0 Å². The molecule has 0 saturated carbocycles. The number of hydrogen-bond acceptors (Lipinski definition) is 0. The van der Waals surface area contributed by atoms with Gasteiger partial charge in [0.25, 0.3) is 0 Å². The minimum atomic E-state index is 0. The monoisotopic (exact) mass is 654 g/mol. The third-order valence-corrected chi connectivity index (χ3v) is 5.12. The van der Waals surface area contributed by atoms with E-state index in [1.807, 2.05) is 48.5 Å². The summed E-state index contributed by atoms with van der Waals surface area (Å²) < 4.78 is 0. The van der Waals surface area contributed by atoms with E-state index in [1.165, 1.54) is 34.1 Å². The van der Waals surface area contributed by atoms with Gasteiger partial charge in [-0.05, 0) is 28.3 Å². The fourth-order valence-electron chi connectivity index (χ4n) is 3.22. The third kappa shape index (κ3) is 15.6. The molecule has 1 aliphatic rings. The molecule has 39 heavy (non-hydrogen) atoms. The van der Waals surface area contributed by atoms with Gasteiger partial charge in [0.15, 0.2) is 0 Å². The normalized spacial score (nSPS) is 9.33. The van der Waals surface area contributed by atoms with Gasteiger partial charge in [-0.3, -0.25) is 13.2 Å². The van der Waals surface area contributed by atoms with Crippen molar-refractivity contribution in [2.24, 2.45) is 0 Å². The van der Waals surface area contributed by atoms with Gasteiger partial charge < -0.3 is 35.7 Å². The molecule has 0 atom stereocenters. The summed E-state index contributed by atoms with van der Waals surface area (Å²) in [5.41, 5.74) is 2.84. The summed E-state index contributed by atoms with van der Waals surface area (Å²) in [6.45, 7) is 20.2. The minimum Gasteiger partial charge on any atom is -0.394 e. The molecule has 0 amide bonds. The standard InChI is InChI=1S/C10H8.C9H8.C8H6.C6H6.C4H4.2Y/c1-2-6-10-8-4-3-7-9(10)5-1;1-2-5-9-7-3-6-8(9)4-1;1-7-5-3-4-6-8(7)2;1-2-4-6-5-3-1;1-3-4-2;;/h1-8H;1-6H,7H2;1-6H;1-6H;1-4H;;/q;;-2;;-2;;. The Bertz CT molecular complexity index is 1340. The average Bonchev–Trinajstić information content (AvgIpc) is 3.46. The molecule has 0 N–H and O–H groups in total. The van der Waals surface area contributed by atoms with Crippen molar-refractivity contribution in [3.05, 3.63) is 186 Å². The third-order valence-electron chi connectivity index (χ3n) is 5.12. The second-order valence-corrected chi connectivity index (χ2v) is 7.82. The zero-order chi connectivity index (χ0) is 26.6. The van der Waals surface area contributed by atoms with E-state index in [9.17, 15) is 0 Å². The molecule has 0 unspecified atom stereocenters. The molecular formula is C37H32Y2-4. The Hall–Kier alpha value is -2.47. The Morgan fingerprint density at radius 2 is 0.821 bits per heavy atom. The summed E-state index contributed by atoms with van der Waals surface area (Å²) in [6, 6.07) is 44.5. The fraction of sp³-hybridized carbons (Fsp3) is 0.0270. The van der Waals surface area contributed by atoms with Gasteiger partial charge in [0.2, 0.25) is 0 Å². The molecule has 0 aliphatic heterocycles. The summed E-state index contributed by atoms with van der Waals surface area (Å²) in [6.07, 6.45) is 8.05. The SMILES string of the molecule is C1=Cc2ccccc2C1.[CH-]=CC=[CH-].[CH-]=c1ccccc1=[CH-].[Y].[Y].c1ccc2ccccc2c1.c1ccccc1. The van der Waals surface area contributed by atoms with E-state index in [4.69, 9.17) is 26.3 Å². The van der Waals surface area contributed by atoms with Gasteiger partial charge in [-0.1, -0.05) is 121 Å². The van der Waals surface area contributed by atoms with Crippen LogP contribution in [0.4, 0.5) is 0 Å². The zero-order valence-corrected chi connectivity index (χ0v) is 27.9. The zero-order valence-electron chi connectivity index (χ0n) is 22.2. The molecule has 0 spiro atoms. The maximum absolute atomic E-state index is 5.39. The van der Waals surface area contributed by atoms with Gasteiger partial charge in [0.05, 0.1) is 0 Å². The molecule has 2 heteroatoms. The van der Waals surface area contributed by atoms with Gasteiger partial charge >= 0.3 is 0 Å². The summed E-state index contributed by atoms with van der Waals surface area (Å²) in [7, 11) is 0. The Balaban J connectivity index is 0.000000471. The number of fused-ring (bicyclic) bond motifs is 2. The van der Waals surface area contributed by atoms with Gasteiger partial charge in [-0.25, -0.2) is 12.1 Å². The summed E-state index contributed by atoms with van der Waals surface area (Å²) in [5, 5.41) is 3.91. The van der Waals surface area contributed by atoms with E-state index in [1.54, 1.807) is 12.1 Å². The van der Waals surface area contributed by atoms with Crippen molar-refractivity contribution >= 4 is 30.0 Å². The van der Waals surface area contributed by atoms with Crippen molar-refractivity contribution in [2.75, 3.05) is 0 Å². The van der Waals surface area contributed by atoms with E-state index < -0.39 is 0 Å². The van der Waals surface area contributed by atoms with Crippen LogP contribution in [0.25, 0.3) is 30.0 Å². The topological polar surface area (TPSA) is 0 Å². The van der Waals surface area contributed by atoms with E-state index in [0.717, 1.165) is 6.42 Å². The minimum absolute atomic E-state index is 0. The number of allylic oxidation sites excluding steroid dienone is 3. The Kier molecular flexibility index (Phi) is 21.9. The van der Waals surface area contributed by atoms with E-state index in [2.05, 4.69) is 84.9 Å². The molecular weight excluding hydrogens is 622 g/mol. The quantitative estimate of drug-likeness (QED) is 0.127. The molecule has 2 radical (unpaired) electrons. The summed E-state index contributed by atoms with van der Waals surface area (Å²) >= 11 is 0. The van der Waals surface area contributed by atoms with Crippen LogP contribution in [-0.2, 0) is 71.8 Å². The van der Waals surface area contributed by atoms with Crippen LogP contribution in [0, 0.1) is 13.2 Å². The molecule has 0 bridgehead atoms. The van der Waals surface area contributed by atoms with Crippen LogP contribution in [0.5, 0.6) is 0 Å². The summed E-state index contributed by atoms with van der Waals surface area (Å²) in [5.74, 6) is 0. The molecule has 0 saturated heterocycles. The van der Waals surface area contributed by atoms with Crippen molar-refractivity contribution in [3.63, 3.8) is 0 Å². The molecule has 1 aliphatic carbocycles. The predicted octanol–water partition coefficient (Wildman–Crippen LogP) is 8.00. The molecule has 5 aromatic carbocycles. The van der Waals surface area contributed by atoms with E-state index in [-0.39, 0.29) is 65.4 Å². The number of hydrogen-bond donors (Lipinski definition) is 0. The first-order valence-electron chi connectivity index (χ1n) is 12.0. The summed E-state index contributed by atoms with van der Waals surface area (Å²) in [4.78, 5) is 0. The van der Waals surface area contributed by atoms with Crippen molar-refractivity contribution in [2.45, 2.75) is 6.42 Å². The molecule has 0 fully saturated rings.